The van der Waals surface area contributed by atoms with Crippen LogP contribution >= 0.6 is 0 Å². The zero-order valence-corrected chi connectivity index (χ0v) is 10.1. The Morgan fingerprint density at radius 2 is 2.06 bits per heavy atom. The lowest BCUT2D eigenvalue weighted by molar-refractivity contribution is 0.743. The van der Waals surface area contributed by atoms with Gasteiger partial charge in [0.15, 0.2) is 0 Å². The van der Waals surface area contributed by atoms with Gasteiger partial charge in [0.1, 0.15) is 0 Å². The first-order valence-electron chi connectivity index (χ1n) is 6.15. The molecule has 0 spiro atoms. The number of rotatable bonds is 4. The van der Waals surface area contributed by atoms with E-state index in [-0.39, 0.29) is 0 Å². The molecule has 3 nitrogen and oxygen atoms in total. The molecule has 0 saturated heterocycles. The summed E-state index contributed by atoms with van der Waals surface area (Å²) >= 11 is 0. The first-order chi connectivity index (χ1) is 8.33. The van der Waals surface area contributed by atoms with Crippen LogP contribution in [0.25, 0.3) is 0 Å². The zero-order chi connectivity index (χ0) is 11.7. The molecule has 1 fully saturated rings. The average molecular weight is 227 g/mol. The Kier molecular flexibility index (Phi) is 2.59. The molecule has 3 heteroatoms. The van der Waals surface area contributed by atoms with Crippen molar-refractivity contribution in [1.82, 2.24) is 9.55 Å². The highest BCUT2D eigenvalue weighted by Crippen LogP contribution is 2.36. The van der Waals surface area contributed by atoms with Crippen LogP contribution in [0.4, 0.5) is 5.95 Å². The van der Waals surface area contributed by atoms with Crippen LogP contribution < -0.4 is 5.32 Å². The fourth-order valence-electron chi connectivity index (χ4n) is 1.98. The molecule has 0 radical (unpaired) electrons. The van der Waals surface area contributed by atoms with Gasteiger partial charge in [0.25, 0.3) is 0 Å². The van der Waals surface area contributed by atoms with Crippen LogP contribution in [0, 0.1) is 6.92 Å². The number of nitrogens with one attached hydrogen (secondary N) is 1. The third kappa shape index (κ3) is 2.33. The van der Waals surface area contributed by atoms with Gasteiger partial charge in [0, 0.05) is 25.0 Å². The maximum Gasteiger partial charge on any atom is 0.203 e. The number of hydrogen-bond acceptors (Lipinski definition) is 2. The highest BCUT2D eigenvalue weighted by atomic mass is 15.2. The quantitative estimate of drug-likeness (QED) is 0.869. The fourth-order valence-corrected chi connectivity index (χ4v) is 1.98. The first-order valence-corrected chi connectivity index (χ1v) is 6.15. The second-order valence-corrected chi connectivity index (χ2v) is 4.73. The molecule has 88 valence electrons. The van der Waals surface area contributed by atoms with Crippen molar-refractivity contribution in [3.05, 3.63) is 47.8 Å². The van der Waals surface area contributed by atoms with Crippen LogP contribution in [0.2, 0.25) is 0 Å². The van der Waals surface area contributed by atoms with Gasteiger partial charge in [0.2, 0.25) is 5.95 Å². The normalized spacial score (nSPS) is 14.9. The third-order valence-electron chi connectivity index (χ3n) is 3.18. The van der Waals surface area contributed by atoms with Gasteiger partial charge < -0.3 is 9.88 Å². The molecule has 1 aliphatic rings. The van der Waals surface area contributed by atoms with Gasteiger partial charge in [-0.2, -0.15) is 0 Å². The van der Waals surface area contributed by atoms with Gasteiger partial charge in [-0.3, -0.25) is 0 Å². The van der Waals surface area contributed by atoms with Gasteiger partial charge in [0.05, 0.1) is 0 Å². The minimum absolute atomic E-state index is 0.679. The number of aryl methyl sites for hydroxylation is 1. The second kappa shape index (κ2) is 4.24. The standard InChI is InChI=1S/C14H17N3/c1-11-2-4-12(5-3-11)10-16-14-15-8-9-17(14)13-6-7-13/h2-5,8-9,13H,6-7,10H2,1H3,(H,15,16). The maximum absolute atomic E-state index is 4.36. The zero-order valence-electron chi connectivity index (χ0n) is 10.1. The molecule has 0 unspecified atom stereocenters. The number of anilines is 1. The van der Waals surface area contributed by atoms with Crippen molar-refractivity contribution in [2.75, 3.05) is 5.32 Å². The monoisotopic (exact) mass is 227 g/mol. The highest BCUT2D eigenvalue weighted by Gasteiger charge is 2.25. The molecule has 1 saturated carbocycles. The van der Waals surface area contributed by atoms with Gasteiger partial charge in [-0.1, -0.05) is 29.8 Å². The largest absolute Gasteiger partial charge is 0.352 e. The summed E-state index contributed by atoms with van der Waals surface area (Å²) in [5.41, 5.74) is 2.59. The fraction of sp³-hybridized carbons (Fsp3) is 0.357. The Hall–Kier alpha value is -1.77. The van der Waals surface area contributed by atoms with E-state index in [0.29, 0.717) is 6.04 Å². The van der Waals surface area contributed by atoms with E-state index in [1.165, 1.54) is 24.0 Å². The molecular weight excluding hydrogens is 210 g/mol. The summed E-state index contributed by atoms with van der Waals surface area (Å²) in [5, 5.41) is 3.40. The SMILES string of the molecule is Cc1ccc(CNc2nccn2C2CC2)cc1. The number of hydrogen-bond donors (Lipinski definition) is 1. The Balaban J connectivity index is 1.67. The van der Waals surface area contributed by atoms with Gasteiger partial charge >= 0.3 is 0 Å². The summed E-state index contributed by atoms with van der Waals surface area (Å²) in [6.45, 7) is 2.95. The number of aromatic nitrogens is 2. The van der Waals surface area contributed by atoms with E-state index >= 15 is 0 Å². The molecule has 2 aromatic rings. The van der Waals surface area contributed by atoms with Gasteiger partial charge in [-0.25, -0.2) is 4.98 Å². The predicted octanol–water partition coefficient (Wildman–Crippen LogP) is 3.14. The van der Waals surface area contributed by atoms with Crippen LogP contribution in [0.15, 0.2) is 36.7 Å². The van der Waals surface area contributed by atoms with Crippen molar-refractivity contribution in [1.29, 1.82) is 0 Å². The summed E-state index contributed by atoms with van der Waals surface area (Å²) in [4.78, 5) is 4.36. The van der Waals surface area contributed by atoms with E-state index in [1.54, 1.807) is 0 Å². The molecule has 3 rings (SSSR count). The van der Waals surface area contributed by atoms with Gasteiger partial charge in [-0.15, -0.1) is 0 Å². The Bertz CT molecular complexity index is 494. The maximum atomic E-state index is 4.36. The Morgan fingerprint density at radius 3 is 2.76 bits per heavy atom. The van der Waals surface area contributed by atoms with Gasteiger partial charge in [-0.05, 0) is 25.3 Å². The predicted molar refractivity (Wildman–Crippen MR) is 69.0 cm³/mol. The van der Waals surface area contributed by atoms with E-state index in [4.69, 9.17) is 0 Å². The van der Waals surface area contributed by atoms with Crippen molar-refractivity contribution in [3.8, 4) is 0 Å². The van der Waals surface area contributed by atoms with Crippen LogP contribution in [0.5, 0.6) is 0 Å². The summed E-state index contributed by atoms with van der Waals surface area (Å²) in [6.07, 6.45) is 6.51. The molecule has 0 bridgehead atoms. The van der Waals surface area contributed by atoms with E-state index in [9.17, 15) is 0 Å². The van der Waals surface area contributed by atoms with Crippen LogP contribution in [-0.4, -0.2) is 9.55 Å². The van der Waals surface area contributed by atoms with Crippen molar-refractivity contribution < 1.29 is 0 Å². The highest BCUT2D eigenvalue weighted by molar-refractivity contribution is 5.31. The number of imidazole rings is 1. The van der Waals surface area contributed by atoms with E-state index < -0.39 is 0 Å². The van der Waals surface area contributed by atoms with Crippen molar-refractivity contribution >= 4 is 5.95 Å². The third-order valence-corrected chi connectivity index (χ3v) is 3.18. The van der Waals surface area contributed by atoms with Crippen molar-refractivity contribution in [3.63, 3.8) is 0 Å². The lowest BCUT2D eigenvalue weighted by Gasteiger charge is -2.08. The molecule has 1 aromatic carbocycles. The molecule has 17 heavy (non-hydrogen) atoms. The topological polar surface area (TPSA) is 29.9 Å². The molecule has 0 atom stereocenters. The molecule has 0 aliphatic heterocycles. The van der Waals surface area contributed by atoms with Crippen molar-refractivity contribution in [2.24, 2.45) is 0 Å². The smallest absolute Gasteiger partial charge is 0.203 e. The summed E-state index contributed by atoms with van der Waals surface area (Å²) < 4.78 is 2.24. The minimum atomic E-state index is 0.679. The summed E-state index contributed by atoms with van der Waals surface area (Å²) in [5.74, 6) is 0.994. The molecular formula is C14H17N3. The van der Waals surface area contributed by atoms with Crippen molar-refractivity contribution in [2.45, 2.75) is 32.4 Å². The summed E-state index contributed by atoms with van der Waals surface area (Å²) in [6, 6.07) is 9.28. The lowest BCUT2D eigenvalue weighted by Crippen LogP contribution is -2.06. The van der Waals surface area contributed by atoms with E-state index in [2.05, 4.69) is 52.3 Å². The number of benzene rings is 1. The molecule has 0 amide bonds. The minimum Gasteiger partial charge on any atom is -0.352 e. The molecule has 1 aromatic heterocycles. The second-order valence-electron chi connectivity index (χ2n) is 4.73. The van der Waals surface area contributed by atoms with Crippen LogP contribution in [0.3, 0.4) is 0 Å². The summed E-state index contributed by atoms with van der Waals surface area (Å²) in [7, 11) is 0. The Morgan fingerprint density at radius 1 is 1.29 bits per heavy atom. The molecule has 1 N–H and O–H groups in total. The average Bonchev–Trinajstić information content (AvgIpc) is 3.08. The van der Waals surface area contributed by atoms with Crippen LogP contribution in [-0.2, 0) is 6.54 Å². The van der Waals surface area contributed by atoms with E-state index in [1.807, 2.05) is 6.20 Å². The molecule has 1 aliphatic carbocycles. The first kappa shape index (κ1) is 10.4. The van der Waals surface area contributed by atoms with Crippen LogP contribution in [0.1, 0.15) is 30.0 Å². The molecule has 1 heterocycles. The van der Waals surface area contributed by atoms with E-state index in [0.717, 1.165) is 12.5 Å². The lowest BCUT2D eigenvalue weighted by atomic mass is 10.1. The Labute approximate surface area is 101 Å². The number of nitrogens with zero attached hydrogens (tertiary/aromatic N) is 2.